The van der Waals surface area contributed by atoms with E-state index in [0.29, 0.717) is 26.4 Å². The monoisotopic (exact) mass is 206 g/mol. The molecule has 2 N–H and O–H groups in total. The van der Waals surface area contributed by atoms with Crippen LogP contribution in [0.5, 0.6) is 0 Å². The van der Waals surface area contributed by atoms with Crippen molar-refractivity contribution in [1.82, 2.24) is 0 Å². The average molecular weight is 206 g/mol. The van der Waals surface area contributed by atoms with Crippen LogP contribution in [-0.2, 0) is 9.47 Å². The Bertz CT molecular complexity index is 131. The molecule has 0 radical (unpaired) electrons. The van der Waals surface area contributed by atoms with Crippen LogP contribution in [0, 0.1) is 5.41 Å². The van der Waals surface area contributed by atoms with Gasteiger partial charge in [-0.25, -0.2) is 0 Å². The van der Waals surface area contributed by atoms with Crippen LogP contribution in [-0.4, -0.2) is 49.4 Å². The zero-order valence-corrected chi connectivity index (χ0v) is 9.32. The maximum atomic E-state index is 9.58. The second kappa shape index (κ2) is 7.17. The molecular formula is C10H22O4. The molecule has 0 heterocycles. The van der Waals surface area contributed by atoms with Gasteiger partial charge >= 0.3 is 0 Å². The van der Waals surface area contributed by atoms with Crippen LogP contribution in [0.1, 0.15) is 20.8 Å². The summed E-state index contributed by atoms with van der Waals surface area (Å²) in [5.74, 6) is 0. The molecule has 1 unspecified atom stereocenters. The molecule has 86 valence electrons. The highest BCUT2D eigenvalue weighted by atomic mass is 16.5. The molecule has 1 atom stereocenters. The van der Waals surface area contributed by atoms with Gasteiger partial charge in [0.25, 0.3) is 0 Å². The predicted molar refractivity (Wildman–Crippen MR) is 54.2 cm³/mol. The fraction of sp³-hybridized carbons (Fsp3) is 1.00. The maximum absolute atomic E-state index is 9.58. The Kier molecular flexibility index (Phi) is 7.09. The first-order valence-corrected chi connectivity index (χ1v) is 4.93. The van der Waals surface area contributed by atoms with Gasteiger partial charge in [-0.1, -0.05) is 20.8 Å². The zero-order chi connectivity index (χ0) is 11.0. The number of hydrogen-bond acceptors (Lipinski definition) is 4. The van der Waals surface area contributed by atoms with Crippen molar-refractivity contribution in [3.8, 4) is 0 Å². The minimum atomic E-state index is -0.458. The molecule has 0 saturated carbocycles. The van der Waals surface area contributed by atoms with Crippen molar-refractivity contribution in [2.24, 2.45) is 5.41 Å². The van der Waals surface area contributed by atoms with Gasteiger partial charge < -0.3 is 19.7 Å². The molecule has 0 amide bonds. The van der Waals surface area contributed by atoms with Crippen molar-refractivity contribution < 1.29 is 19.7 Å². The van der Waals surface area contributed by atoms with Gasteiger partial charge in [0.2, 0.25) is 0 Å². The number of aliphatic hydroxyl groups is 2. The number of hydrogen-bond donors (Lipinski definition) is 2. The standard InChI is InChI=1S/C10H22O4/c1-10(2,3)9(12)8-14-7-6-13-5-4-11/h9,11-12H,4-8H2,1-3H3. The van der Waals surface area contributed by atoms with E-state index < -0.39 is 6.10 Å². The highest BCUT2D eigenvalue weighted by Gasteiger charge is 2.21. The van der Waals surface area contributed by atoms with Crippen molar-refractivity contribution in [2.45, 2.75) is 26.9 Å². The van der Waals surface area contributed by atoms with E-state index in [0.717, 1.165) is 0 Å². The van der Waals surface area contributed by atoms with Crippen molar-refractivity contribution in [3.63, 3.8) is 0 Å². The fourth-order valence-corrected chi connectivity index (χ4v) is 0.729. The molecule has 0 aromatic carbocycles. The molecule has 0 aliphatic carbocycles. The molecule has 0 rings (SSSR count). The van der Waals surface area contributed by atoms with Crippen LogP contribution >= 0.6 is 0 Å². The maximum Gasteiger partial charge on any atom is 0.0821 e. The topological polar surface area (TPSA) is 58.9 Å². The molecule has 14 heavy (non-hydrogen) atoms. The van der Waals surface area contributed by atoms with E-state index in [4.69, 9.17) is 14.6 Å². The van der Waals surface area contributed by atoms with Crippen molar-refractivity contribution in [3.05, 3.63) is 0 Å². The largest absolute Gasteiger partial charge is 0.394 e. The van der Waals surface area contributed by atoms with Crippen LogP contribution in [0.2, 0.25) is 0 Å². The highest BCUT2D eigenvalue weighted by Crippen LogP contribution is 2.18. The predicted octanol–water partition coefficient (Wildman–Crippen LogP) is 0.419. The summed E-state index contributed by atoms with van der Waals surface area (Å²) in [6.07, 6.45) is -0.458. The van der Waals surface area contributed by atoms with Gasteiger partial charge in [0, 0.05) is 0 Å². The molecule has 0 fully saturated rings. The Morgan fingerprint density at radius 1 is 1.07 bits per heavy atom. The van der Waals surface area contributed by atoms with Gasteiger partial charge in [0.15, 0.2) is 0 Å². The first kappa shape index (κ1) is 13.8. The summed E-state index contributed by atoms with van der Waals surface area (Å²) in [6, 6.07) is 0. The Morgan fingerprint density at radius 3 is 2.14 bits per heavy atom. The SMILES string of the molecule is CC(C)(C)C(O)COCCOCCO. The minimum absolute atomic E-state index is 0.0324. The molecule has 0 spiro atoms. The molecule has 0 aliphatic rings. The van der Waals surface area contributed by atoms with Crippen LogP contribution < -0.4 is 0 Å². The van der Waals surface area contributed by atoms with Gasteiger partial charge in [0.05, 0.1) is 39.1 Å². The quantitative estimate of drug-likeness (QED) is 0.593. The van der Waals surface area contributed by atoms with E-state index in [-0.39, 0.29) is 12.0 Å². The minimum Gasteiger partial charge on any atom is -0.394 e. The molecule has 0 aromatic rings. The second-order valence-electron chi connectivity index (χ2n) is 4.29. The molecule has 0 saturated heterocycles. The summed E-state index contributed by atoms with van der Waals surface area (Å²) >= 11 is 0. The summed E-state index contributed by atoms with van der Waals surface area (Å²) in [4.78, 5) is 0. The summed E-state index contributed by atoms with van der Waals surface area (Å²) in [5.41, 5.74) is -0.147. The lowest BCUT2D eigenvalue weighted by atomic mass is 9.90. The Labute approximate surface area is 85.8 Å². The lowest BCUT2D eigenvalue weighted by Crippen LogP contribution is -2.31. The molecule has 0 aliphatic heterocycles. The normalized spacial score (nSPS) is 14.4. The van der Waals surface area contributed by atoms with Gasteiger partial charge in [0.1, 0.15) is 0 Å². The second-order valence-corrected chi connectivity index (χ2v) is 4.29. The number of aliphatic hydroxyl groups excluding tert-OH is 2. The molecule has 0 bridgehead atoms. The van der Waals surface area contributed by atoms with Crippen LogP contribution in [0.25, 0.3) is 0 Å². The Hall–Kier alpha value is -0.160. The summed E-state index contributed by atoms with van der Waals surface area (Å²) in [6.45, 7) is 7.49. The number of ether oxygens (including phenoxy) is 2. The average Bonchev–Trinajstić information content (AvgIpc) is 2.09. The fourth-order valence-electron chi connectivity index (χ4n) is 0.729. The zero-order valence-electron chi connectivity index (χ0n) is 9.32. The number of rotatable bonds is 7. The molecule has 0 aromatic heterocycles. The molecular weight excluding hydrogens is 184 g/mol. The Balaban J connectivity index is 3.28. The lowest BCUT2D eigenvalue weighted by molar-refractivity contribution is -0.0377. The first-order valence-electron chi connectivity index (χ1n) is 4.93. The first-order chi connectivity index (χ1) is 6.48. The summed E-state index contributed by atoms with van der Waals surface area (Å²) in [7, 11) is 0. The third kappa shape index (κ3) is 7.26. The Morgan fingerprint density at radius 2 is 1.64 bits per heavy atom. The van der Waals surface area contributed by atoms with E-state index in [1.54, 1.807) is 0 Å². The van der Waals surface area contributed by atoms with E-state index in [1.807, 2.05) is 20.8 Å². The van der Waals surface area contributed by atoms with Gasteiger partial charge in [-0.05, 0) is 5.41 Å². The van der Waals surface area contributed by atoms with Crippen molar-refractivity contribution >= 4 is 0 Å². The molecule has 4 heteroatoms. The van der Waals surface area contributed by atoms with E-state index in [1.165, 1.54) is 0 Å². The van der Waals surface area contributed by atoms with Crippen LogP contribution in [0.3, 0.4) is 0 Å². The third-order valence-electron chi connectivity index (χ3n) is 1.88. The smallest absolute Gasteiger partial charge is 0.0821 e. The van der Waals surface area contributed by atoms with E-state index >= 15 is 0 Å². The van der Waals surface area contributed by atoms with Gasteiger partial charge in [-0.2, -0.15) is 0 Å². The molecule has 4 nitrogen and oxygen atoms in total. The van der Waals surface area contributed by atoms with Crippen molar-refractivity contribution in [1.29, 1.82) is 0 Å². The van der Waals surface area contributed by atoms with Gasteiger partial charge in [-0.15, -0.1) is 0 Å². The van der Waals surface area contributed by atoms with E-state index in [9.17, 15) is 5.11 Å². The van der Waals surface area contributed by atoms with Crippen molar-refractivity contribution in [2.75, 3.05) is 33.0 Å². The summed E-state index contributed by atoms with van der Waals surface area (Å²) < 4.78 is 10.2. The highest BCUT2D eigenvalue weighted by molar-refractivity contribution is 4.71. The summed E-state index contributed by atoms with van der Waals surface area (Å²) in [5, 5.41) is 18.0. The van der Waals surface area contributed by atoms with E-state index in [2.05, 4.69) is 0 Å². The van der Waals surface area contributed by atoms with Crippen LogP contribution in [0.4, 0.5) is 0 Å². The van der Waals surface area contributed by atoms with Crippen LogP contribution in [0.15, 0.2) is 0 Å². The van der Waals surface area contributed by atoms with Gasteiger partial charge in [-0.3, -0.25) is 0 Å². The lowest BCUT2D eigenvalue weighted by Gasteiger charge is -2.25. The third-order valence-corrected chi connectivity index (χ3v) is 1.88.